The highest BCUT2D eigenvalue weighted by Gasteiger charge is 2.27. The third kappa shape index (κ3) is 3.89. The molecule has 0 aromatic heterocycles. The summed E-state index contributed by atoms with van der Waals surface area (Å²) in [5, 5.41) is 18.4. The van der Waals surface area contributed by atoms with E-state index in [-0.39, 0.29) is 12.3 Å². The van der Waals surface area contributed by atoms with E-state index < -0.39 is 5.97 Å². The number of halogens is 1. The summed E-state index contributed by atoms with van der Waals surface area (Å²) in [6.45, 7) is 3.74. The van der Waals surface area contributed by atoms with Crippen LogP contribution in [0, 0.1) is 23.2 Å². The number of anilines is 1. The Bertz CT molecular complexity index is 568. The van der Waals surface area contributed by atoms with E-state index in [9.17, 15) is 4.79 Å². The van der Waals surface area contributed by atoms with E-state index in [1.165, 1.54) is 0 Å². The van der Waals surface area contributed by atoms with E-state index in [2.05, 4.69) is 11.0 Å². The van der Waals surface area contributed by atoms with E-state index in [0.717, 1.165) is 31.6 Å². The lowest BCUT2D eigenvalue weighted by Gasteiger charge is -2.37. The van der Waals surface area contributed by atoms with Crippen LogP contribution in [0.1, 0.15) is 31.7 Å². The van der Waals surface area contributed by atoms with Crippen LogP contribution in [0.2, 0.25) is 5.02 Å². The molecule has 2 unspecified atom stereocenters. The predicted molar refractivity (Wildman–Crippen MR) is 82.5 cm³/mol. The monoisotopic (exact) mass is 306 g/mol. The summed E-state index contributed by atoms with van der Waals surface area (Å²) in [5.41, 5.74) is 1.49. The Labute approximate surface area is 129 Å². The molecule has 0 aliphatic carbocycles. The second-order valence-corrected chi connectivity index (χ2v) is 6.11. The number of rotatable bonds is 4. The molecule has 1 aliphatic heterocycles. The Balaban J connectivity index is 2.11. The number of nitrogens with zero attached hydrogens (tertiary/aromatic N) is 2. The van der Waals surface area contributed by atoms with E-state index in [0.29, 0.717) is 16.5 Å². The van der Waals surface area contributed by atoms with Crippen molar-refractivity contribution in [3.8, 4) is 6.07 Å². The van der Waals surface area contributed by atoms with E-state index >= 15 is 0 Å². The van der Waals surface area contributed by atoms with Crippen molar-refractivity contribution in [3.63, 3.8) is 0 Å². The minimum Gasteiger partial charge on any atom is -0.481 e. The van der Waals surface area contributed by atoms with Gasteiger partial charge < -0.3 is 10.0 Å². The second-order valence-electron chi connectivity index (χ2n) is 5.70. The SMILES string of the molecule is CC(CC(=O)O)C1CCCN(c2ccc(C#N)cc2Cl)C1. The minimum absolute atomic E-state index is 0.155. The highest BCUT2D eigenvalue weighted by atomic mass is 35.5. The minimum atomic E-state index is -0.740. The van der Waals surface area contributed by atoms with Gasteiger partial charge >= 0.3 is 5.97 Å². The quantitative estimate of drug-likeness (QED) is 0.924. The zero-order valence-corrected chi connectivity index (χ0v) is 12.8. The lowest BCUT2D eigenvalue weighted by Crippen LogP contribution is -2.38. The summed E-state index contributed by atoms with van der Waals surface area (Å²) < 4.78 is 0. The van der Waals surface area contributed by atoms with Gasteiger partial charge in [0.1, 0.15) is 0 Å². The maximum absolute atomic E-state index is 10.9. The topological polar surface area (TPSA) is 64.3 Å². The maximum Gasteiger partial charge on any atom is 0.303 e. The Hall–Kier alpha value is -1.73. The van der Waals surface area contributed by atoms with Crippen LogP contribution in [0.5, 0.6) is 0 Å². The molecule has 1 fully saturated rings. The molecule has 0 radical (unpaired) electrons. The molecule has 5 heteroatoms. The van der Waals surface area contributed by atoms with Gasteiger partial charge in [-0.15, -0.1) is 0 Å². The molecule has 2 atom stereocenters. The largest absolute Gasteiger partial charge is 0.481 e. The summed E-state index contributed by atoms with van der Waals surface area (Å²) in [7, 11) is 0. The van der Waals surface area contributed by atoms with Gasteiger partial charge in [0.05, 0.1) is 22.3 Å². The second kappa shape index (κ2) is 6.82. The van der Waals surface area contributed by atoms with Crippen molar-refractivity contribution >= 4 is 23.3 Å². The van der Waals surface area contributed by atoms with Crippen LogP contribution in [0.3, 0.4) is 0 Å². The lowest BCUT2D eigenvalue weighted by molar-refractivity contribution is -0.138. The summed E-state index contributed by atoms with van der Waals surface area (Å²) in [6, 6.07) is 7.41. The molecule has 1 N–H and O–H groups in total. The lowest BCUT2D eigenvalue weighted by atomic mass is 9.84. The van der Waals surface area contributed by atoms with Crippen LogP contribution in [0.4, 0.5) is 5.69 Å². The first-order valence-corrected chi connectivity index (χ1v) is 7.55. The van der Waals surface area contributed by atoms with Crippen LogP contribution in [0.25, 0.3) is 0 Å². The van der Waals surface area contributed by atoms with E-state index in [1.807, 2.05) is 13.0 Å². The average Bonchev–Trinajstić information content (AvgIpc) is 2.46. The highest BCUT2D eigenvalue weighted by molar-refractivity contribution is 6.33. The number of benzene rings is 1. The van der Waals surface area contributed by atoms with Gasteiger partial charge in [0, 0.05) is 19.5 Å². The number of aliphatic carboxylic acids is 1. The average molecular weight is 307 g/mol. The third-order valence-corrected chi connectivity index (χ3v) is 4.48. The number of hydrogen-bond donors (Lipinski definition) is 1. The number of piperidine rings is 1. The molecular weight excluding hydrogens is 288 g/mol. The van der Waals surface area contributed by atoms with Crippen molar-refractivity contribution in [2.75, 3.05) is 18.0 Å². The van der Waals surface area contributed by atoms with Gasteiger partial charge in [-0.2, -0.15) is 5.26 Å². The van der Waals surface area contributed by atoms with Crippen molar-refractivity contribution < 1.29 is 9.90 Å². The van der Waals surface area contributed by atoms with Gasteiger partial charge in [-0.3, -0.25) is 4.79 Å². The molecule has 0 bridgehead atoms. The van der Waals surface area contributed by atoms with E-state index in [1.54, 1.807) is 12.1 Å². The Morgan fingerprint density at radius 1 is 1.62 bits per heavy atom. The molecule has 0 spiro atoms. The number of carboxylic acids is 1. The normalized spacial score (nSPS) is 19.9. The first-order valence-electron chi connectivity index (χ1n) is 7.17. The molecule has 21 heavy (non-hydrogen) atoms. The van der Waals surface area contributed by atoms with Crippen molar-refractivity contribution in [3.05, 3.63) is 28.8 Å². The molecule has 112 valence electrons. The molecule has 1 aromatic rings. The summed E-state index contributed by atoms with van der Waals surface area (Å²) in [4.78, 5) is 13.1. The Kier molecular flexibility index (Phi) is 5.08. The van der Waals surface area contributed by atoms with Crippen molar-refractivity contribution in [1.29, 1.82) is 5.26 Å². The fourth-order valence-electron chi connectivity index (χ4n) is 2.97. The van der Waals surface area contributed by atoms with Gasteiger partial charge in [-0.05, 0) is 42.9 Å². The fourth-order valence-corrected chi connectivity index (χ4v) is 3.27. The van der Waals surface area contributed by atoms with Crippen LogP contribution in [-0.2, 0) is 4.79 Å². The number of carbonyl (C=O) groups is 1. The molecule has 1 heterocycles. The van der Waals surface area contributed by atoms with E-state index in [4.69, 9.17) is 22.0 Å². The Morgan fingerprint density at radius 3 is 3.00 bits per heavy atom. The maximum atomic E-state index is 10.9. The van der Waals surface area contributed by atoms with Gasteiger partial charge in [-0.1, -0.05) is 18.5 Å². The summed E-state index contributed by atoms with van der Waals surface area (Å²) in [6.07, 6.45) is 2.30. The number of nitriles is 1. The molecule has 0 saturated carbocycles. The highest BCUT2D eigenvalue weighted by Crippen LogP contribution is 2.33. The van der Waals surface area contributed by atoms with Crippen LogP contribution < -0.4 is 4.90 Å². The predicted octanol–water partition coefficient (Wildman–Crippen LogP) is 3.54. The molecular formula is C16H19ClN2O2. The molecule has 2 rings (SSSR count). The zero-order valence-electron chi connectivity index (χ0n) is 12.1. The van der Waals surface area contributed by atoms with Crippen LogP contribution in [0.15, 0.2) is 18.2 Å². The van der Waals surface area contributed by atoms with Gasteiger partial charge in [0.25, 0.3) is 0 Å². The summed E-state index contributed by atoms with van der Waals surface area (Å²) in [5.74, 6) is -0.222. The van der Waals surface area contributed by atoms with Gasteiger partial charge in [0.15, 0.2) is 0 Å². The van der Waals surface area contributed by atoms with Crippen molar-refractivity contribution in [1.82, 2.24) is 0 Å². The van der Waals surface area contributed by atoms with Crippen LogP contribution in [-0.4, -0.2) is 24.2 Å². The zero-order chi connectivity index (χ0) is 15.4. The first kappa shape index (κ1) is 15.7. The van der Waals surface area contributed by atoms with Crippen LogP contribution >= 0.6 is 11.6 Å². The molecule has 4 nitrogen and oxygen atoms in total. The molecule has 1 aromatic carbocycles. The van der Waals surface area contributed by atoms with Crippen molar-refractivity contribution in [2.45, 2.75) is 26.2 Å². The molecule has 1 aliphatic rings. The summed E-state index contributed by atoms with van der Waals surface area (Å²) >= 11 is 6.27. The van der Waals surface area contributed by atoms with Gasteiger partial charge in [0.2, 0.25) is 0 Å². The fraction of sp³-hybridized carbons (Fsp3) is 0.500. The molecule has 0 amide bonds. The Morgan fingerprint density at radius 2 is 2.38 bits per heavy atom. The van der Waals surface area contributed by atoms with Gasteiger partial charge in [-0.25, -0.2) is 0 Å². The first-order chi connectivity index (χ1) is 10.0. The number of carboxylic acid groups (broad SMARTS) is 1. The molecule has 1 saturated heterocycles. The number of hydrogen-bond acceptors (Lipinski definition) is 3. The smallest absolute Gasteiger partial charge is 0.303 e. The third-order valence-electron chi connectivity index (χ3n) is 4.18. The standard InChI is InChI=1S/C16H19ClN2O2/c1-11(7-16(20)21)13-3-2-6-19(10-13)15-5-4-12(9-18)8-14(15)17/h4-5,8,11,13H,2-3,6-7,10H2,1H3,(H,20,21). The van der Waals surface area contributed by atoms with Crippen molar-refractivity contribution in [2.24, 2.45) is 11.8 Å².